The maximum atomic E-state index is 5.98. The van der Waals surface area contributed by atoms with Crippen molar-refractivity contribution in [2.75, 3.05) is 6.54 Å². The topological polar surface area (TPSA) is 81.3 Å². The van der Waals surface area contributed by atoms with Gasteiger partial charge in [-0.1, -0.05) is 6.92 Å². The molecule has 1 aliphatic rings. The second kappa shape index (κ2) is 6.41. The number of nitrogens with two attached hydrogens (primary N) is 1. The molecule has 1 fully saturated rings. The second-order valence-electron chi connectivity index (χ2n) is 5.61. The van der Waals surface area contributed by atoms with Crippen LogP contribution in [0.5, 0.6) is 0 Å². The quantitative estimate of drug-likeness (QED) is 0.910. The van der Waals surface area contributed by atoms with Gasteiger partial charge in [0, 0.05) is 12.1 Å². The molecule has 0 unspecified atom stereocenters. The van der Waals surface area contributed by atoms with Crippen molar-refractivity contribution in [2.45, 2.75) is 51.2 Å². The maximum absolute atomic E-state index is 5.98. The van der Waals surface area contributed by atoms with Crippen LogP contribution < -0.4 is 5.73 Å². The van der Waals surface area contributed by atoms with Gasteiger partial charge in [-0.25, -0.2) is 0 Å². The van der Waals surface area contributed by atoms with Crippen molar-refractivity contribution in [3.63, 3.8) is 0 Å². The number of furan rings is 1. The first-order valence-electron chi connectivity index (χ1n) is 7.62. The van der Waals surface area contributed by atoms with E-state index in [1.54, 1.807) is 6.26 Å². The minimum Gasteiger partial charge on any atom is -0.459 e. The van der Waals surface area contributed by atoms with E-state index in [4.69, 9.17) is 14.6 Å². The predicted octanol–water partition coefficient (Wildman–Crippen LogP) is 2.42. The standard InChI is InChI=1S/C15H22N4O2/c1-2-19(12-7-5-11(16)6-8-12)10-14-17-18-15(21-14)13-4-3-9-20-13/h3-4,9,11-12H,2,5-8,10,16H2,1H3. The molecule has 0 aromatic carbocycles. The molecule has 0 saturated heterocycles. The zero-order valence-corrected chi connectivity index (χ0v) is 12.4. The summed E-state index contributed by atoms with van der Waals surface area (Å²) in [7, 11) is 0. The first kappa shape index (κ1) is 14.3. The van der Waals surface area contributed by atoms with Crippen LogP contribution in [0.3, 0.4) is 0 Å². The largest absolute Gasteiger partial charge is 0.459 e. The van der Waals surface area contributed by atoms with Crippen molar-refractivity contribution < 1.29 is 8.83 Å². The molecule has 114 valence electrons. The summed E-state index contributed by atoms with van der Waals surface area (Å²) < 4.78 is 11.0. The predicted molar refractivity (Wildman–Crippen MR) is 78.3 cm³/mol. The number of nitrogens with zero attached hydrogens (tertiary/aromatic N) is 3. The van der Waals surface area contributed by atoms with Gasteiger partial charge >= 0.3 is 0 Å². The van der Waals surface area contributed by atoms with Gasteiger partial charge in [-0.3, -0.25) is 4.90 Å². The van der Waals surface area contributed by atoms with Crippen LogP contribution in [0.4, 0.5) is 0 Å². The molecule has 6 heteroatoms. The Hall–Kier alpha value is -1.66. The Morgan fingerprint density at radius 1 is 1.29 bits per heavy atom. The van der Waals surface area contributed by atoms with Gasteiger partial charge in [0.05, 0.1) is 12.8 Å². The van der Waals surface area contributed by atoms with Crippen LogP contribution in [-0.2, 0) is 6.54 Å². The third kappa shape index (κ3) is 3.33. The molecule has 0 radical (unpaired) electrons. The monoisotopic (exact) mass is 290 g/mol. The smallest absolute Gasteiger partial charge is 0.283 e. The van der Waals surface area contributed by atoms with Gasteiger partial charge in [0.25, 0.3) is 5.89 Å². The van der Waals surface area contributed by atoms with Crippen LogP contribution in [0.2, 0.25) is 0 Å². The van der Waals surface area contributed by atoms with Gasteiger partial charge < -0.3 is 14.6 Å². The highest BCUT2D eigenvalue weighted by atomic mass is 16.4. The van der Waals surface area contributed by atoms with Crippen molar-refractivity contribution in [1.82, 2.24) is 15.1 Å². The van der Waals surface area contributed by atoms with E-state index in [9.17, 15) is 0 Å². The van der Waals surface area contributed by atoms with Gasteiger partial charge in [0.2, 0.25) is 5.89 Å². The first-order valence-corrected chi connectivity index (χ1v) is 7.62. The Labute approximate surface area is 124 Å². The summed E-state index contributed by atoms with van der Waals surface area (Å²) in [6.45, 7) is 3.82. The summed E-state index contributed by atoms with van der Waals surface area (Å²) in [5, 5.41) is 8.17. The van der Waals surface area contributed by atoms with Crippen molar-refractivity contribution in [1.29, 1.82) is 0 Å². The third-order valence-corrected chi connectivity index (χ3v) is 4.20. The van der Waals surface area contributed by atoms with E-state index >= 15 is 0 Å². The lowest BCUT2D eigenvalue weighted by Crippen LogP contribution is -2.40. The van der Waals surface area contributed by atoms with Gasteiger partial charge in [0.1, 0.15) is 0 Å². The Morgan fingerprint density at radius 3 is 2.76 bits per heavy atom. The molecule has 2 aromatic heterocycles. The van der Waals surface area contributed by atoms with Crippen LogP contribution in [-0.4, -0.2) is 33.7 Å². The molecule has 2 N–H and O–H groups in total. The van der Waals surface area contributed by atoms with Crippen LogP contribution in [0.25, 0.3) is 11.7 Å². The molecular formula is C15H22N4O2. The summed E-state index contributed by atoms with van der Waals surface area (Å²) in [4.78, 5) is 2.39. The lowest BCUT2D eigenvalue weighted by molar-refractivity contribution is 0.137. The fourth-order valence-corrected chi connectivity index (χ4v) is 2.96. The molecule has 2 heterocycles. The van der Waals surface area contributed by atoms with Gasteiger partial charge in [0.15, 0.2) is 5.76 Å². The van der Waals surface area contributed by atoms with Crippen LogP contribution in [0.1, 0.15) is 38.5 Å². The molecule has 0 bridgehead atoms. The van der Waals surface area contributed by atoms with E-state index in [0.29, 0.717) is 36.2 Å². The molecule has 0 spiro atoms. The Balaban J connectivity index is 1.64. The van der Waals surface area contributed by atoms with Crippen molar-refractivity contribution in [3.8, 4) is 11.7 Å². The lowest BCUT2D eigenvalue weighted by Gasteiger charge is -2.34. The highest BCUT2D eigenvalue weighted by molar-refractivity contribution is 5.42. The molecule has 0 amide bonds. The minimum atomic E-state index is 0.369. The first-order chi connectivity index (χ1) is 10.3. The molecule has 0 atom stereocenters. The van der Waals surface area contributed by atoms with E-state index in [1.807, 2.05) is 12.1 Å². The summed E-state index contributed by atoms with van der Waals surface area (Å²) in [5.41, 5.74) is 5.98. The maximum Gasteiger partial charge on any atom is 0.283 e. The number of rotatable bonds is 5. The van der Waals surface area contributed by atoms with Crippen molar-refractivity contribution >= 4 is 0 Å². The van der Waals surface area contributed by atoms with E-state index in [1.165, 1.54) is 0 Å². The average molecular weight is 290 g/mol. The fourth-order valence-electron chi connectivity index (χ4n) is 2.96. The van der Waals surface area contributed by atoms with Crippen LogP contribution in [0.15, 0.2) is 27.2 Å². The molecule has 2 aromatic rings. The molecule has 0 aliphatic heterocycles. The van der Waals surface area contributed by atoms with Crippen molar-refractivity contribution in [2.24, 2.45) is 5.73 Å². The Kier molecular flexibility index (Phi) is 4.36. The molecule has 1 aliphatic carbocycles. The highest BCUT2D eigenvalue weighted by Gasteiger charge is 2.24. The van der Waals surface area contributed by atoms with E-state index in [0.717, 1.165) is 32.2 Å². The zero-order chi connectivity index (χ0) is 14.7. The zero-order valence-electron chi connectivity index (χ0n) is 12.4. The highest BCUT2D eigenvalue weighted by Crippen LogP contribution is 2.24. The summed E-state index contributed by atoms with van der Waals surface area (Å²) in [5.74, 6) is 1.69. The summed E-state index contributed by atoms with van der Waals surface area (Å²) in [6.07, 6.45) is 6.09. The SMILES string of the molecule is CCN(Cc1nnc(-c2ccco2)o1)C1CCC(N)CC1. The number of hydrogen-bond donors (Lipinski definition) is 1. The Morgan fingerprint density at radius 2 is 2.10 bits per heavy atom. The third-order valence-electron chi connectivity index (χ3n) is 4.20. The second-order valence-corrected chi connectivity index (χ2v) is 5.61. The summed E-state index contributed by atoms with van der Waals surface area (Å²) in [6, 6.07) is 4.56. The average Bonchev–Trinajstić information content (AvgIpc) is 3.17. The Bertz CT molecular complexity index is 544. The van der Waals surface area contributed by atoms with Gasteiger partial charge in [-0.15, -0.1) is 10.2 Å². The fraction of sp³-hybridized carbons (Fsp3) is 0.600. The lowest BCUT2D eigenvalue weighted by atomic mass is 9.91. The molecule has 21 heavy (non-hydrogen) atoms. The van der Waals surface area contributed by atoms with Gasteiger partial charge in [-0.2, -0.15) is 0 Å². The molecule has 1 saturated carbocycles. The van der Waals surface area contributed by atoms with E-state index in [-0.39, 0.29) is 0 Å². The number of hydrogen-bond acceptors (Lipinski definition) is 6. The molecule has 6 nitrogen and oxygen atoms in total. The van der Waals surface area contributed by atoms with Gasteiger partial charge in [-0.05, 0) is 44.4 Å². The normalized spacial score (nSPS) is 22.8. The molecular weight excluding hydrogens is 268 g/mol. The molecule has 3 rings (SSSR count). The van der Waals surface area contributed by atoms with E-state index in [2.05, 4.69) is 22.0 Å². The number of aromatic nitrogens is 2. The van der Waals surface area contributed by atoms with E-state index < -0.39 is 0 Å². The van der Waals surface area contributed by atoms with Crippen molar-refractivity contribution in [3.05, 3.63) is 24.3 Å². The minimum absolute atomic E-state index is 0.369. The van der Waals surface area contributed by atoms with Crippen LogP contribution in [0, 0.1) is 0 Å². The van der Waals surface area contributed by atoms with Crippen LogP contribution >= 0.6 is 0 Å². The summed E-state index contributed by atoms with van der Waals surface area (Å²) >= 11 is 0.